The smallest absolute Gasteiger partial charge is 0.0315 e. The van der Waals surface area contributed by atoms with Crippen molar-refractivity contribution in [1.82, 2.24) is 4.90 Å². The summed E-state index contributed by atoms with van der Waals surface area (Å²) in [6.45, 7) is 4.09. The molecule has 0 N–H and O–H groups in total. The molecule has 11 heavy (non-hydrogen) atoms. The zero-order valence-corrected chi connectivity index (χ0v) is 7.34. The topological polar surface area (TPSA) is 3.24 Å². The number of fused-ring (bicyclic) bond motifs is 1. The van der Waals surface area contributed by atoms with Crippen LogP contribution in [0.25, 0.3) is 0 Å². The van der Waals surface area contributed by atoms with Crippen LogP contribution in [0, 0.1) is 5.92 Å². The van der Waals surface area contributed by atoms with E-state index in [0.717, 1.165) is 12.0 Å². The molecule has 1 heteroatoms. The average molecular weight is 151 g/mol. The Morgan fingerprint density at radius 1 is 1.36 bits per heavy atom. The van der Waals surface area contributed by atoms with Crippen LogP contribution in [-0.2, 0) is 0 Å². The molecule has 1 nitrogen and oxygen atoms in total. The van der Waals surface area contributed by atoms with E-state index in [2.05, 4.69) is 18.5 Å². The molecular formula is C10H17N. The van der Waals surface area contributed by atoms with Crippen molar-refractivity contribution in [3.8, 4) is 0 Å². The van der Waals surface area contributed by atoms with Crippen LogP contribution in [-0.4, -0.2) is 18.0 Å². The Hall–Kier alpha value is -0.460. The van der Waals surface area contributed by atoms with Gasteiger partial charge in [0.05, 0.1) is 0 Å². The van der Waals surface area contributed by atoms with Crippen LogP contribution in [0.3, 0.4) is 0 Å². The zero-order valence-electron chi connectivity index (χ0n) is 7.34. The molecule has 1 aliphatic heterocycles. The fraction of sp³-hybridized carbons (Fsp3) is 0.800. The minimum absolute atomic E-state index is 0.844. The fourth-order valence-corrected chi connectivity index (χ4v) is 2.62. The highest BCUT2D eigenvalue weighted by Gasteiger charge is 2.34. The maximum absolute atomic E-state index is 4.09. The van der Waals surface area contributed by atoms with E-state index in [1.165, 1.54) is 37.8 Å². The Labute approximate surface area is 69.1 Å². The van der Waals surface area contributed by atoms with Crippen molar-refractivity contribution >= 4 is 0 Å². The number of nitrogens with zero attached hydrogens (tertiary/aromatic N) is 1. The van der Waals surface area contributed by atoms with Crippen LogP contribution < -0.4 is 0 Å². The Kier molecular flexibility index (Phi) is 1.67. The summed E-state index contributed by atoms with van der Waals surface area (Å²) in [4.78, 5) is 2.41. The molecule has 2 rings (SSSR count). The van der Waals surface area contributed by atoms with Crippen molar-refractivity contribution in [1.29, 1.82) is 0 Å². The van der Waals surface area contributed by atoms with Gasteiger partial charge in [0.15, 0.2) is 0 Å². The molecule has 1 heterocycles. The molecule has 0 bridgehead atoms. The van der Waals surface area contributed by atoms with Crippen LogP contribution in [0.1, 0.15) is 32.1 Å². The highest BCUT2D eigenvalue weighted by molar-refractivity contribution is 5.07. The van der Waals surface area contributed by atoms with Gasteiger partial charge in [-0.15, -0.1) is 0 Å². The number of allylic oxidation sites excluding steroid dienone is 1. The summed E-state index contributed by atoms with van der Waals surface area (Å²) in [5, 5.41) is 0. The number of likely N-dealkylation sites (tertiary alicyclic amines) is 1. The molecule has 1 aliphatic carbocycles. The van der Waals surface area contributed by atoms with Crippen molar-refractivity contribution in [3.63, 3.8) is 0 Å². The van der Waals surface area contributed by atoms with Gasteiger partial charge >= 0.3 is 0 Å². The van der Waals surface area contributed by atoms with E-state index < -0.39 is 0 Å². The lowest BCUT2D eigenvalue weighted by Crippen LogP contribution is -2.30. The molecule has 0 aromatic carbocycles. The summed E-state index contributed by atoms with van der Waals surface area (Å²) in [6.07, 6.45) is 6.98. The van der Waals surface area contributed by atoms with Gasteiger partial charge in [0.1, 0.15) is 0 Å². The largest absolute Gasteiger partial charge is 0.375 e. The predicted molar refractivity (Wildman–Crippen MR) is 47.3 cm³/mol. The van der Waals surface area contributed by atoms with Crippen molar-refractivity contribution < 1.29 is 0 Å². The average Bonchev–Trinajstić information content (AvgIpc) is 2.30. The van der Waals surface area contributed by atoms with Gasteiger partial charge in [-0.3, -0.25) is 0 Å². The standard InChI is InChI=1S/C10H17N/c1-8-7-9-5-3-4-6-10(9)11(8)2/h9-10H,1,3-7H2,2H3. The minimum atomic E-state index is 0.844. The summed E-state index contributed by atoms with van der Waals surface area (Å²) >= 11 is 0. The van der Waals surface area contributed by atoms with Crippen molar-refractivity contribution in [2.24, 2.45) is 5.92 Å². The monoisotopic (exact) mass is 151 g/mol. The first kappa shape index (κ1) is 7.20. The molecule has 0 radical (unpaired) electrons. The molecule has 0 aromatic rings. The molecule has 62 valence electrons. The Bertz CT molecular complexity index is 174. The quantitative estimate of drug-likeness (QED) is 0.514. The minimum Gasteiger partial charge on any atom is -0.375 e. The SMILES string of the molecule is C=C1CC2CCCCC2N1C. The van der Waals surface area contributed by atoms with Gasteiger partial charge < -0.3 is 4.90 Å². The molecular weight excluding hydrogens is 134 g/mol. The van der Waals surface area contributed by atoms with E-state index >= 15 is 0 Å². The van der Waals surface area contributed by atoms with Gasteiger partial charge in [0.2, 0.25) is 0 Å². The Morgan fingerprint density at radius 2 is 2.09 bits per heavy atom. The summed E-state index contributed by atoms with van der Waals surface area (Å²) in [7, 11) is 2.21. The number of rotatable bonds is 0. The Morgan fingerprint density at radius 3 is 2.82 bits per heavy atom. The van der Waals surface area contributed by atoms with Gasteiger partial charge in [0, 0.05) is 18.8 Å². The van der Waals surface area contributed by atoms with Crippen molar-refractivity contribution in [2.45, 2.75) is 38.1 Å². The first-order chi connectivity index (χ1) is 5.29. The zero-order chi connectivity index (χ0) is 7.84. The van der Waals surface area contributed by atoms with Gasteiger partial charge in [-0.05, 0) is 25.2 Å². The summed E-state index contributed by atoms with van der Waals surface area (Å²) in [5.74, 6) is 0.946. The van der Waals surface area contributed by atoms with E-state index in [-0.39, 0.29) is 0 Å². The fourth-order valence-electron chi connectivity index (χ4n) is 2.62. The van der Waals surface area contributed by atoms with Crippen molar-refractivity contribution in [2.75, 3.05) is 7.05 Å². The lowest BCUT2D eigenvalue weighted by atomic mass is 9.85. The third-order valence-electron chi connectivity index (χ3n) is 3.36. The van der Waals surface area contributed by atoms with Gasteiger partial charge in [-0.25, -0.2) is 0 Å². The molecule has 0 aromatic heterocycles. The van der Waals surface area contributed by atoms with E-state index in [9.17, 15) is 0 Å². The molecule has 0 amide bonds. The molecule has 0 spiro atoms. The lowest BCUT2D eigenvalue weighted by Gasteiger charge is -2.29. The number of hydrogen-bond acceptors (Lipinski definition) is 1. The highest BCUT2D eigenvalue weighted by Crippen LogP contribution is 2.39. The predicted octanol–water partition coefficient (Wildman–Crippen LogP) is 2.39. The maximum Gasteiger partial charge on any atom is 0.0315 e. The highest BCUT2D eigenvalue weighted by atomic mass is 15.2. The van der Waals surface area contributed by atoms with Crippen molar-refractivity contribution in [3.05, 3.63) is 12.3 Å². The van der Waals surface area contributed by atoms with Crippen LogP contribution in [0.2, 0.25) is 0 Å². The Balaban J connectivity index is 2.11. The second-order valence-corrected chi connectivity index (χ2v) is 3.99. The van der Waals surface area contributed by atoms with E-state index in [4.69, 9.17) is 0 Å². The molecule has 2 unspecified atom stereocenters. The van der Waals surface area contributed by atoms with E-state index in [0.29, 0.717) is 0 Å². The normalized spacial score (nSPS) is 37.5. The van der Waals surface area contributed by atoms with Crippen LogP contribution in [0.5, 0.6) is 0 Å². The molecule has 2 fully saturated rings. The summed E-state index contributed by atoms with van der Waals surface area (Å²) in [5.41, 5.74) is 1.36. The van der Waals surface area contributed by atoms with Crippen LogP contribution in [0.4, 0.5) is 0 Å². The second-order valence-electron chi connectivity index (χ2n) is 3.99. The van der Waals surface area contributed by atoms with Gasteiger partial charge in [-0.2, -0.15) is 0 Å². The number of hydrogen-bond donors (Lipinski definition) is 0. The lowest BCUT2D eigenvalue weighted by molar-refractivity contribution is 0.228. The maximum atomic E-state index is 4.09. The third kappa shape index (κ3) is 1.07. The second kappa shape index (κ2) is 2.54. The summed E-state index contributed by atoms with van der Waals surface area (Å²) < 4.78 is 0. The first-order valence-corrected chi connectivity index (χ1v) is 4.69. The van der Waals surface area contributed by atoms with Crippen LogP contribution >= 0.6 is 0 Å². The molecule has 2 aliphatic rings. The molecule has 1 saturated carbocycles. The van der Waals surface area contributed by atoms with Gasteiger partial charge in [-0.1, -0.05) is 19.4 Å². The van der Waals surface area contributed by atoms with E-state index in [1.807, 2.05) is 0 Å². The third-order valence-corrected chi connectivity index (χ3v) is 3.36. The van der Waals surface area contributed by atoms with Gasteiger partial charge in [0.25, 0.3) is 0 Å². The van der Waals surface area contributed by atoms with Crippen LogP contribution in [0.15, 0.2) is 12.3 Å². The molecule has 2 atom stereocenters. The van der Waals surface area contributed by atoms with E-state index in [1.54, 1.807) is 0 Å². The first-order valence-electron chi connectivity index (χ1n) is 4.69. The summed E-state index contributed by atoms with van der Waals surface area (Å²) in [6, 6.07) is 0.844. The molecule has 1 saturated heterocycles.